The molecule has 0 fully saturated rings. The van der Waals surface area contributed by atoms with Gasteiger partial charge in [0.1, 0.15) is 5.75 Å². The van der Waals surface area contributed by atoms with E-state index in [4.69, 9.17) is 4.74 Å². The van der Waals surface area contributed by atoms with E-state index in [-0.39, 0.29) is 10.6 Å². The first-order chi connectivity index (χ1) is 13.4. The molecule has 4 rings (SSSR count). The predicted octanol–water partition coefficient (Wildman–Crippen LogP) is 3.84. The molecule has 0 saturated carbocycles. The van der Waals surface area contributed by atoms with Crippen LogP contribution in [0.5, 0.6) is 5.75 Å². The zero-order valence-corrected chi connectivity index (χ0v) is 16.3. The number of rotatable bonds is 4. The third-order valence-electron chi connectivity index (χ3n) is 3.89. The topological polar surface area (TPSA) is 90.0 Å². The summed E-state index contributed by atoms with van der Waals surface area (Å²) >= 11 is 1.44. The molecule has 28 heavy (non-hydrogen) atoms. The molecule has 0 aliphatic rings. The molecular weight excluding hydrogens is 380 g/mol. The molecule has 0 saturated heterocycles. The summed E-state index contributed by atoms with van der Waals surface area (Å²) < 4.78 is 7.97. The van der Waals surface area contributed by atoms with Crippen LogP contribution in [-0.4, -0.2) is 46.8 Å². The molecule has 2 aromatic carbocycles. The Morgan fingerprint density at radius 3 is 2.46 bits per heavy atom. The third kappa shape index (κ3) is 3.94. The molecule has 0 aliphatic carbocycles. The minimum Gasteiger partial charge on any atom is -0.497 e. The Morgan fingerprint density at radius 1 is 1.21 bits per heavy atom. The van der Waals surface area contributed by atoms with E-state index in [1.807, 2.05) is 34.9 Å². The number of non-ortho nitro benzene ring substituents is 1. The number of aromatic nitrogens is 2. The van der Waals surface area contributed by atoms with Gasteiger partial charge in [0.05, 0.1) is 27.9 Å². The third-order valence-corrected chi connectivity index (χ3v) is 4.90. The van der Waals surface area contributed by atoms with Crippen LogP contribution in [0.3, 0.4) is 0 Å². The van der Waals surface area contributed by atoms with Crippen LogP contribution in [0, 0.1) is 10.1 Å². The monoisotopic (exact) mass is 398 g/mol. The van der Waals surface area contributed by atoms with E-state index in [0.29, 0.717) is 0 Å². The fourth-order valence-corrected chi connectivity index (χ4v) is 3.54. The first-order valence-electron chi connectivity index (χ1n) is 8.25. The lowest BCUT2D eigenvalue weighted by Gasteiger charge is -2.00. The molecule has 0 N–H and O–H groups in total. The highest BCUT2D eigenvalue weighted by Gasteiger charge is 2.13. The molecule has 0 atom stereocenters. The number of methoxy groups -OCH3 is 1. The molecule has 4 aromatic rings. The number of carbonyl (C=O) groups is 1. The number of nitro groups is 1. The van der Waals surface area contributed by atoms with Crippen molar-refractivity contribution in [1.82, 2.24) is 14.3 Å². The van der Waals surface area contributed by atoms with E-state index in [2.05, 4.69) is 4.98 Å². The minimum absolute atomic E-state index is 0.0948. The number of carbonyl (C=O) groups excluding carboxylic acids is 1. The van der Waals surface area contributed by atoms with Gasteiger partial charge in [-0.25, -0.2) is 4.98 Å². The Hall–Kier alpha value is -3.46. The molecule has 0 aliphatic heterocycles. The second kappa shape index (κ2) is 8.05. The summed E-state index contributed by atoms with van der Waals surface area (Å²) in [5, 5.41) is 10.9. The summed E-state index contributed by atoms with van der Waals surface area (Å²) in [6, 6.07) is 12.6. The van der Waals surface area contributed by atoms with Gasteiger partial charge in [0.15, 0.2) is 4.96 Å². The van der Waals surface area contributed by atoms with E-state index in [1.54, 1.807) is 33.3 Å². The van der Waals surface area contributed by atoms with E-state index in [0.717, 1.165) is 38.6 Å². The first kappa shape index (κ1) is 19.3. The summed E-state index contributed by atoms with van der Waals surface area (Å²) in [6.07, 6.45) is 2.70. The SMILES string of the molecule is CN(C)C=O.COc1ccc(-c2cn3c(n2)sc2cc([N+](=O)[O-])ccc23)cc1. The molecule has 2 heterocycles. The average molecular weight is 398 g/mol. The molecule has 0 unspecified atom stereocenters. The summed E-state index contributed by atoms with van der Waals surface area (Å²) in [5.41, 5.74) is 2.87. The average Bonchev–Trinajstić information content (AvgIpc) is 3.25. The molecule has 0 spiro atoms. The smallest absolute Gasteiger partial charge is 0.270 e. The summed E-state index contributed by atoms with van der Waals surface area (Å²) in [4.78, 5) is 26.8. The number of nitro benzene ring substituents is 1. The van der Waals surface area contributed by atoms with Crippen LogP contribution in [0.1, 0.15) is 0 Å². The normalized spacial score (nSPS) is 10.4. The van der Waals surface area contributed by atoms with E-state index in [9.17, 15) is 14.9 Å². The van der Waals surface area contributed by atoms with E-state index in [1.165, 1.54) is 22.3 Å². The Bertz CT molecular complexity index is 1130. The van der Waals surface area contributed by atoms with Gasteiger partial charge in [-0.15, -0.1) is 0 Å². The van der Waals surface area contributed by atoms with E-state index >= 15 is 0 Å². The highest BCUT2D eigenvalue weighted by molar-refractivity contribution is 7.23. The zero-order chi connectivity index (χ0) is 20.3. The minimum atomic E-state index is -0.384. The Morgan fingerprint density at radius 2 is 1.89 bits per heavy atom. The van der Waals surface area contributed by atoms with Crippen molar-refractivity contribution in [3.63, 3.8) is 0 Å². The molecule has 0 bridgehead atoms. The highest BCUT2D eigenvalue weighted by atomic mass is 32.1. The number of hydrogen-bond acceptors (Lipinski definition) is 6. The first-order valence-corrected chi connectivity index (χ1v) is 9.06. The van der Waals surface area contributed by atoms with Gasteiger partial charge < -0.3 is 9.64 Å². The Labute approximate surface area is 164 Å². The lowest BCUT2D eigenvalue weighted by atomic mass is 10.2. The largest absolute Gasteiger partial charge is 0.497 e. The van der Waals surface area contributed by atoms with Crippen LogP contribution in [-0.2, 0) is 4.79 Å². The number of thiazole rings is 1. The van der Waals surface area contributed by atoms with Crippen molar-refractivity contribution < 1.29 is 14.5 Å². The quantitative estimate of drug-likeness (QED) is 0.296. The zero-order valence-electron chi connectivity index (χ0n) is 15.5. The number of hydrogen-bond donors (Lipinski definition) is 0. The Balaban J connectivity index is 0.000000403. The summed E-state index contributed by atoms with van der Waals surface area (Å²) in [5.74, 6) is 0.799. The van der Waals surface area contributed by atoms with Gasteiger partial charge in [-0.3, -0.25) is 19.3 Å². The van der Waals surface area contributed by atoms with Gasteiger partial charge in [-0.05, 0) is 30.3 Å². The standard InChI is InChI=1S/C16H11N3O3S.C3H7NO/c1-22-12-5-2-10(3-6-12)13-9-18-14-7-4-11(19(20)21)8-15(14)23-16(18)17-13;1-4(2)3-5/h2-9H,1H3;3H,1-2H3. The number of benzene rings is 2. The Kier molecular flexibility index (Phi) is 5.55. The summed E-state index contributed by atoms with van der Waals surface area (Å²) in [6.45, 7) is 0. The van der Waals surface area contributed by atoms with Crippen molar-refractivity contribution in [3.8, 4) is 17.0 Å². The highest BCUT2D eigenvalue weighted by Crippen LogP contribution is 2.32. The van der Waals surface area contributed by atoms with Gasteiger partial charge in [0.2, 0.25) is 6.41 Å². The van der Waals surface area contributed by atoms with Crippen LogP contribution < -0.4 is 4.74 Å². The molecule has 1 amide bonds. The van der Waals surface area contributed by atoms with Crippen LogP contribution in [0.4, 0.5) is 5.69 Å². The van der Waals surface area contributed by atoms with Gasteiger partial charge in [0.25, 0.3) is 5.69 Å². The molecule has 9 heteroatoms. The van der Waals surface area contributed by atoms with Crippen molar-refractivity contribution in [2.45, 2.75) is 0 Å². The van der Waals surface area contributed by atoms with Gasteiger partial charge in [-0.1, -0.05) is 11.3 Å². The van der Waals surface area contributed by atoms with Crippen molar-refractivity contribution in [1.29, 1.82) is 0 Å². The van der Waals surface area contributed by atoms with Gasteiger partial charge >= 0.3 is 0 Å². The lowest BCUT2D eigenvalue weighted by molar-refractivity contribution is -0.384. The second-order valence-corrected chi connectivity index (χ2v) is 7.10. The van der Waals surface area contributed by atoms with Crippen molar-refractivity contribution >= 4 is 38.6 Å². The van der Waals surface area contributed by atoms with Crippen molar-refractivity contribution in [2.24, 2.45) is 0 Å². The number of nitrogens with zero attached hydrogens (tertiary/aromatic N) is 4. The maximum Gasteiger partial charge on any atom is 0.270 e. The molecule has 8 nitrogen and oxygen atoms in total. The van der Waals surface area contributed by atoms with Crippen LogP contribution in [0.2, 0.25) is 0 Å². The fraction of sp³-hybridized carbons (Fsp3) is 0.158. The van der Waals surface area contributed by atoms with Gasteiger partial charge in [0, 0.05) is 38.0 Å². The van der Waals surface area contributed by atoms with Crippen molar-refractivity contribution in [3.05, 3.63) is 58.8 Å². The number of amides is 1. The predicted molar refractivity (Wildman–Crippen MR) is 109 cm³/mol. The van der Waals surface area contributed by atoms with Gasteiger partial charge in [-0.2, -0.15) is 0 Å². The number of imidazole rings is 1. The molecule has 144 valence electrons. The maximum absolute atomic E-state index is 10.9. The maximum atomic E-state index is 10.9. The second-order valence-electron chi connectivity index (χ2n) is 6.09. The van der Waals surface area contributed by atoms with E-state index < -0.39 is 0 Å². The van der Waals surface area contributed by atoms with Crippen LogP contribution in [0.25, 0.3) is 26.4 Å². The molecule has 2 aromatic heterocycles. The number of fused-ring (bicyclic) bond motifs is 3. The fourth-order valence-electron chi connectivity index (χ4n) is 2.50. The van der Waals surface area contributed by atoms with Crippen LogP contribution in [0.15, 0.2) is 48.7 Å². The number of ether oxygens (including phenoxy) is 1. The van der Waals surface area contributed by atoms with Crippen molar-refractivity contribution in [2.75, 3.05) is 21.2 Å². The molecular formula is C19H18N4O4S. The van der Waals surface area contributed by atoms with Crippen LogP contribution >= 0.6 is 11.3 Å². The molecule has 0 radical (unpaired) electrons. The lowest BCUT2D eigenvalue weighted by Crippen LogP contribution is -2.06. The summed E-state index contributed by atoms with van der Waals surface area (Å²) in [7, 11) is 5.01.